The van der Waals surface area contributed by atoms with Crippen LogP contribution in [0.15, 0.2) is 42.5 Å². The Morgan fingerprint density at radius 1 is 1.19 bits per heavy atom. The average Bonchev–Trinajstić information content (AvgIpc) is 2.96. The SMILES string of the molecule is Cc1ccc(C=C[C@@H]2C(CC=CCCCC(=O)O)C(=O)C[C@H]2O[Si](C)(C)C(C)(C)C)cc1. The predicted molar refractivity (Wildman–Crippen MR) is 134 cm³/mol. The van der Waals surface area contributed by atoms with Crippen LogP contribution in [0.25, 0.3) is 6.08 Å². The van der Waals surface area contributed by atoms with E-state index in [1.165, 1.54) is 5.56 Å². The third kappa shape index (κ3) is 7.56. The number of unbranched alkanes of at least 4 members (excludes halogenated alkanes) is 1. The fraction of sp³-hybridized carbons (Fsp3) is 0.556. The minimum Gasteiger partial charge on any atom is -0.481 e. The monoisotopic (exact) mass is 456 g/mol. The van der Waals surface area contributed by atoms with Crippen molar-refractivity contribution in [1.29, 1.82) is 0 Å². The van der Waals surface area contributed by atoms with Gasteiger partial charge in [0.05, 0.1) is 6.10 Å². The highest BCUT2D eigenvalue weighted by molar-refractivity contribution is 6.74. The van der Waals surface area contributed by atoms with Gasteiger partial charge in [-0.3, -0.25) is 9.59 Å². The minimum absolute atomic E-state index is 0.0431. The smallest absolute Gasteiger partial charge is 0.303 e. The zero-order valence-electron chi connectivity index (χ0n) is 20.6. The molecule has 0 spiro atoms. The van der Waals surface area contributed by atoms with Crippen molar-refractivity contribution in [2.75, 3.05) is 0 Å². The molecule has 2 rings (SSSR count). The van der Waals surface area contributed by atoms with Gasteiger partial charge in [0, 0.05) is 24.7 Å². The number of benzene rings is 1. The lowest BCUT2D eigenvalue weighted by molar-refractivity contribution is -0.137. The van der Waals surface area contributed by atoms with Crippen molar-refractivity contribution in [2.24, 2.45) is 11.8 Å². The van der Waals surface area contributed by atoms with Crippen molar-refractivity contribution >= 4 is 26.1 Å². The molecule has 4 nitrogen and oxygen atoms in total. The number of aliphatic carboxylic acids is 1. The standard InChI is InChI=1S/C27H40O4Si/c1-20-13-15-21(16-14-20)17-18-23-22(11-9-7-8-10-12-26(29)30)24(28)19-25(23)31-32(5,6)27(2,3)4/h7,9,13-18,22-23,25H,8,10-12,19H2,1-6H3,(H,29,30)/t22?,23-,25-/m1/s1. The Morgan fingerprint density at radius 3 is 2.44 bits per heavy atom. The molecule has 5 heteroatoms. The maximum atomic E-state index is 13.0. The molecule has 1 aromatic carbocycles. The number of carbonyl (C=O) groups excluding carboxylic acids is 1. The van der Waals surface area contributed by atoms with Crippen molar-refractivity contribution in [3.63, 3.8) is 0 Å². The Kier molecular flexibility index (Phi) is 9.23. The zero-order chi connectivity index (χ0) is 23.9. The van der Waals surface area contributed by atoms with Gasteiger partial charge in [0.25, 0.3) is 0 Å². The number of allylic oxidation sites excluding steroid dienone is 2. The number of hydrogen-bond donors (Lipinski definition) is 1. The van der Waals surface area contributed by atoms with Gasteiger partial charge in [0.2, 0.25) is 0 Å². The van der Waals surface area contributed by atoms with Crippen LogP contribution < -0.4 is 0 Å². The van der Waals surface area contributed by atoms with E-state index >= 15 is 0 Å². The van der Waals surface area contributed by atoms with Crippen molar-refractivity contribution < 1.29 is 19.1 Å². The Labute approximate surface area is 194 Å². The molecule has 3 atom stereocenters. The largest absolute Gasteiger partial charge is 0.481 e. The molecule has 0 saturated heterocycles. The lowest BCUT2D eigenvalue weighted by Crippen LogP contribution is -2.45. The molecule has 1 N–H and O–H groups in total. The third-order valence-electron chi connectivity index (χ3n) is 6.87. The van der Waals surface area contributed by atoms with Crippen LogP contribution in [-0.2, 0) is 14.0 Å². The van der Waals surface area contributed by atoms with E-state index in [1.807, 2.05) is 12.2 Å². The summed E-state index contributed by atoms with van der Waals surface area (Å²) in [6.07, 6.45) is 10.9. The summed E-state index contributed by atoms with van der Waals surface area (Å²) in [7, 11) is -2.01. The summed E-state index contributed by atoms with van der Waals surface area (Å²) in [5.74, 6) is -0.553. The van der Waals surface area contributed by atoms with E-state index in [9.17, 15) is 9.59 Å². The molecule has 32 heavy (non-hydrogen) atoms. The molecule has 0 amide bonds. The first kappa shape index (κ1) is 26.3. The second kappa shape index (κ2) is 11.2. The Morgan fingerprint density at radius 2 is 1.84 bits per heavy atom. The highest BCUT2D eigenvalue weighted by Crippen LogP contribution is 2.43. The van der Waals surface area contributed by atoms with Gasteiger partial charge in [0.1, 0.15) is 5.78 Å². The summed E-state index contributed by atoms with van der Waals surface area (Å²) in [4.78, 5) is 23.7. The Balaban J connectivity index is 2.18. The molecule has 1 saturated carbocycles. The van der Waals surface area contributed by atoms with Gasteiger partial charge in [-0.25, -0.2) is 0 Å². The molecule has 1 aliphatic carbocycles. The molecule has 0 bridgehead atoms. The minimum atomic E-state index is -2.01. The molecule has 1 aliphatic rings. The first-order valence-electron chi connectivity index (χ1n) is 11.7. The lowest BCUT2D eigenvalue weighted by Gasteiger charge is -2.39. The van der Waals surface area contributed by atoms with Gasteiger partial charge >= 0.3 is 5.97 Å². The van der Waals surface area contributed by atoms with Crippen molar-refractivity contribution in [1.82, 2.24) is 0 Å². The number of aryl methyl sites for hydroxylation is 1. The van der Waals surface area contributed by atoms with Crippen LogP contribution in [0.4, 0.5) is 0 Å². The van der Waals surface area contributed by atoms with Crippen LogP contribution in [-0.4, -0.2) is 31.3 Å². The fourth-order valence-corrected chi connectivity index (χ4v) is 5.16. The van der Waals surface area contributed by atoms with Gasteiger partial charge in [0.15, 0.2) is 8.32 Å². The molecule has 1 fully saturated rings. The van der Waals surface area contributed by atoms with E-state index in [0.29, 0.717) is 19.3 Å². The molecule has 0 heterocycles. The second-order valence-electron chi connectivity index (χ2n) is 10.5. The highest BCUT2D eigenvalue weighted by Gasteiger charge is 2.46. The van der Waals surface area contributed by atoms with E-state index < -0.39 is 14.3 Å². The number of Topliss-reactive ketones (excluding diaryl/α,β-unsaturated/α-hetero) is 1. The predicted octanol–water partition coefficient (Wildman–Crippen LogP) is 6.81. The van der Waals surface area contributed by atoms with E-state index in [2.05, 4.69) is 77.2 Å². The summed E-state index contributed by atoms with van der Waals surface area (Å²) in [5, 5.41) is 8.86. The zero-order valence-corrected chi connectivity index (χ0v) is 21.6. The number of carboxylic acids is 1. The van der Waals surface area contributed by atoms with Crippen LogP contribution in [0.1, 0.15) is 64.0 Å². The summed E-state index contributed by atoms with van der Waals surface area (Å²) in [6, 6.07) is 8.40. The second-order valence-corrected chi connectivity index (χ2v) is 15.3. The van der Waals surface area contributed by atoms with Gasteiger partial charge in [-0.05, 0) is 49.9 Å². The third-order valence-corrected chi connectivity index (χ3v) is 11.4. The van der Waals surface area contributed by atoms with Crippen LogP contribution in [0.3, 0.4) is 0 Å². The number of carboxylic acid groups (broad SMARTS) is 1. The summed E-state index contributed by atoms with van der Waals surface area (Å²) < 4.78 is 6.73. The lowest BCUT2D eigenvalue weighted by atomic mass is 9.90. The average molecular weight is 457 g/mol. The van der Waals surface area contributed by atoms with E-state index in [1.54, 1.807) is 0 Å². The Hall–Kier alpha value is -1.98. The van der Waals surface area contributed by atoms with Crippen LogP contribution in [0.2, 0.25) is 18.1 Å². The summed E-state index contributed by atoms with van der Waals surface area (Å²) >= 11 is 0. The highest BCUT2D eigenvalue weighted by atomic mass is 28.4. The maximum absolute atomic E-state index is 13.0. The van der Waals surface area contributed by atoms with Crippen LogP contribution in [0, 0.1) is 18.8 Å². The van der Waals surface area contributed by atoms with Crippen LogP contribution in [0.5, 0.6) is 0 Å². The molecule has 176 valence electrons. The van der Waals surface area contributed by atoms with Crippen LogP contribution >= 0.6 is 0 Å². The number of carbonyl (C=O) groups is 2. The van der Waals surface area contributed by atoms with Crippen molar-refractivity contribution in [2.45, 2.75) is 84.0 Å². The van der Waals surface area contributed by atoms with Crippen molar-refractivity contribution in [3.05, 3.63) is 53.6 Å². The first-order chi connectivity index (χ1) is 14.9. The molecule has 0 aliphatic heterocycles. The summed E-state index contributed by atoms with van der Waals surface area (Å²) in [6.45, 7) is 13.2. The van der Waals surface area contributed by atoms with E-state index in [-0.39, 0.29) is 35.2 Å². The van der Waals surface area contributed by atoms with Gasteiger partial charge in [-0.15, -0.1) is 0 Å². The summed E-state index contributed by atoms with van der Waals surface area (Å²) in [5.41, 5.74) is 2.35. The molecule has 0 radical (unpaired) electrons. The molecule has 0 aromatic heterocycles. The molecule has 1 unspecified atom stereocenters. The maximum Gasteiger partial charge on any atom is 0.303 e. The number of ketones is 1. The number of rotatable bonds is 10. The molecular formula is C27H40O4Si. The molecular weight excluding hydrogens is 416 g/mol. The normalized spacial score (nSPS) is 22.3. The van der Waals surface area contributed by atoms with Crippen molar-refractivity contribution in [3.8, 4) is 0 Å². The topological polar surface area (TPSA) is 63.6 Å². The van der Waals surface area contributed by atoms with E-state index in [0.717, 1.165) is 12.0 Å². The fourth-order valence-electron chi connectivity index (χ4n) is 3.81. The quantitative estimate of drug-likeness (QED) is 0.239. The first-order valence-corrected chi connectivity index (χ1v) is 14.6. The van der Waals surface area contributed by atoms with E-state index in [4.69, 9.17) is 9.53 Å². The molecule has 1 aromatic rings. The Bertz CT molecular complexity index is 830. The van der Waals surface area contributed by atoms with Gasteiger partial charge in [-0.2, -0.15) is 0 Å². The van der Waals surface area contributed by atoms with Gasteiger partial charge < -0.3 is 9.53 Å². The number of hydrogen-bond acceptors (Lipinski definition) is 3. The van der Waals surface area contributed by atoms with Gasteiger partial charge in [-0.1, -0.05) is 74.9 Å².